The van der Waals surface area contributed by atoms with Crippen LogP contribution >= 0.6 is 15.9 Å². The second kappa shape index (κ2) is 8.84. The fraction of sp³-hybridized carbons (Fsp3) is 0.389. The molecule has 0 bridgehead atoms. The van der Waals surface area contributed by atoms with Crippen molar-refractivity contribution >= 4 is 21.9 Å². The number of phenols is 1. The standard InChI is InChI=1S/C18H25BrN4O3/c1-20-18(23(3)11-14-8-13(19)10-22(14)2)21-9-12-6-15(25-4)17(24)16(7-12)26-5/h6-8,10,24H,9,11H2,1-5H3,(H,20,21). The molecule has 7 nitrogen and oxygen atoms in total. The number of ether oxygens (including phenoxy) is 2. The van der Waals surface area contributed by atoms with Gasteiger partial charge in [0.1, 0.15) is 0 Å². The normalized spacial score (nSPS) is 11.4. The number of guanidine groups is 1. The van der Waals surface area contributed by atoms with Gasteiger partial charge in [-0.15, -0.1) is 0 Å². The molecule has 0 saturated carbocycles. The maximum absolute atomic E-state index is 10.0. The number of halogens is 1. The molecule has 0 fully saturated rings. The molecular weight excluding hydrogens is 400 g/mol. The Hall–Kier alpha value is -2.35. The van der Waals surface area contributed by atoms with Crippen LogP contribution in [0.1, 0.15) is 11.3 Å². The Kier molecular flexibility index (Phi) is 6.79. The van der Waals surface area contributed by atoms with Crippen molar-refractivity contribution in [3.63, 3.8) is 0 Å². The van der Waals surface area contributed by atoms with Gasteiger partial charge in [0.15, 0.2) is 17.5 Å². The predicted molar refractivity (Wildman–Crippen MR) is 106 cm³/mol. The maximum Gasteiger partial charge on any atom is 0.200 e. The van der Waals surface area contributed by atoms with Crippen LogP contribution in [0.5, 0.6) is 17.2 Å². The summed E-state index contributed by atoms with van der Waals surface area (Å²) in [6.45, 7) is 1.23. The Labute approximate surface area is 162 Å². The zero-order valence-electron chi connectivity index (χ0n) is 15.7. The fourth-order valence-electron chi connectivity index (χ4n) is 2.66. The Morgan fingerprint density at radius 1 is 1.27 bits per heavy atom. The van der Waals surface area contributed by atoms with Crippen molar-refractivity contribution in [1.82, 2.24) is 14.8 Å². The first-order valence-electron chi connectivity index (χ1n) is 8.06. The van der Waals surface area contributed by atoms with Gasteiger partial charge in [0.25, 0.3) is 0 Å². The van der Waals surface area contributed by atoms with Gasteiger partial charge in [0.2, 0.25) is 5.75 Å². The highest BCUT2D eigenvalue weighted by Crippen LogP contribution is 2.37. The molecule has 1 aromatic carbocycles. The molecule has 0 unspecified atom stereocenters. The molecule has 142 valence electrons. The zero-order valence-corrected chi connectivity index (χ0v) is 17.3. The van der Waals surface area contributed by atoms with Crippen molar-refractivity contribution < 1.29 is 14.6 Å². The Morgan fingerprint density at radius 2 is 1.88 bits per heavy atom. The fourth-order valence-corrected chi connectivity index (χ4v) is 3.23. The van der Waals surface area contributed by atoms with E-state index in [1.165, 1.54) is 14.2 Å². The molecule has 2 rings (SSSR count). The van der Waals surface area contributed by atoms with Crippen molar-refractivity contribution in [3.05, 3.63) is 40.1 Å². The Bertz CT molecular complexity index is 764. The molecule has 0 spiro atoms. The number of aliphatic imine (C=N–C) groups is 1. The monoisotopic (exact) mass is 424 g/mol. The number of aromatic hydroxyl groups is 1. The lowest BCUT2D eigenvalue weighted by molar-refractivity contribution is 0.339. The van der Waals surface area contributed by atoms with E-state index in [1.807, 2.05) is 25.2 Å². The lowest BCUT2D eigenvalue weighted by Crippen LogP contribution is -2.38. The second-order valence-corrected chi connectivity index (χ2v) is 6.78. The number of methoxy groups -OCH3 is 2. The second-order valence-electron chi connectivity index (χ2n) is 5.87. The van der Waals surface area contributed by atoms with Gasteiger partial charge < -0.3 is 29.4 Å². The van der Waals surface area contributed by atoms with Crippen LogP contribution in [0.3, 0.4) is 0 Å². The molecule has 0 aliphatic carbocycles. The summed E-state index contributed by atoms with van der Waals surface area (Å²) in [6, 6.07) is 5.62. The number of nitrogens with zero attached hydrogens (tertiary/aromatic N) is 3. The largest absolute Gasteiger partial charge is 0.502 e. The minimum Gasteiger partial charge on any atom is -0.502 e. The third-order valence-electron chi connectivity index (χ3n) is 4.04. The van der Waals surface area contributed by atoms with Crippen LogP contribution < -0.4 is 14.8 Å². The van der Waals surface area contributed by atoms with Gasteiger partial charge in [-0.2, -0.15) is 0 Å². The molecule has 2 N–H and O–H groups in total. The SMILES string of the molecule is CN=C(NCc1cc(OC)c(O)c(OC)c1)N(C)Cc1cc(Br)cn1C. The molecule has 2 aromatic rings. The van der Waals surface area contributed by atoms with E-state index in [0.717, 1.165) is 21.7 Å². The number of phenolic OH excluding ortho intramolecular Hbond substituents is 1. The van der Waals surface area contributed by atoms with E-state index in [1.54, 1.807) is 19.2 Å². The van der Waals surface area contributed by atoms with Crippen LogP contribution in [-0.4, -0.2) is 48.8 Å². The first-order valence-corrected chi connectivity index (χ1v) is 8.85. The molecule has 0 aliphatic heterocycles. The van der Waals surface area contributed by atoms with Crippen molar-refractivity contribution in [2.45, 2.75) is 13.1 Å². The minimum absolute atomic E-state index is 0.00506. The smallest absolute Gasteiger partial charge is 0.200 e. The quantitative estimate of drug-likeness (QED) is 0.550. The lowest BCUT2D eigenvalue weighted by atomic mass is 10.2. The first kappa shape index (κ1) is 20.0. The van der Waals surface area contributed by atoms with Gasteiger partial charge in [-0.05, 0) is 39.7 Å². The highest BCUT2D eigenvalue weighted by Gasteiger charge is 2.13. The van der Waals surface area contributed by atoms with Crippen molar-refractivity contribution in [3.8, 4) is 17.2 Å². The topological polar surface area (TPSA) is 71.2 Å². The molecule has 1 aromatic heterocycles. The predicted octanol–water partition coefficient (Wildman–Crippen LogP) is 2.72. The molecular formula is C18H25BrN4O3. The molecule has 8 heteroatoms. The summed E-state index contributed by atoms with van der Waals surface area (Å²) in [5.74, 6) is 1.50. The number of rotatable bonds is 6. The first-order chi connectivity index (χ1) is 12.4. The van der Waals surface area contributed by atoms with E-state index in [0.29, 0.717) is 24.6 Å². The summed E-state index contributed by atoms with van der Waals surface area (Å²) >= 11 is 3.49. The molecule has 26 heavy (non-hydrogen) atoms. The number of hydrogen-bond acceptors (Lipinski definition) is 4. The summed E-state index contributed by atoms with van der Waals surface area (Å²) < 4.78 is 13.5. The summed E-state index contributed by atoms with van der Waals surface area (Å²) in [5.41, 5.74) is 2.07. The van der Waals surface area contributed by atoms with E-state index in [4.69, 9.17) is 9.47 Å². The Balaban J connectivity index is 2.08. The average Bonchev–Trinajstić information content (AvgIpc) is 2.93. The van der Waals surface area contributed by atoms with E-state index in [-0.39, 0.29) is 5.75 Å². The van der Waals surface area contributed by atoms with Crippen LogP contribution in [0.4, 0.5) is 0 Å². The third kappa shape index (κ3) is 4.63. The number of aromatic nitrogens is 1. The third-order valence-corrected chi connectivity index (χ3v) is 4.47. The number of nitrogens with one attached hydrogen (secondary N) is 1. The van der Waals surface area contributed by atoms with Crippen LogP contribution in [0, 0.1) is 0 Å². The van der Waals surface area contributed by atoms with Crippen LogP contribution in [0.2, 0.25) is 0 Å². The lowest BCUT2D eigenvalue weighted by Gasteiger charge is -2.22. The number of benzene rings is 1. The summed E-state index contributed by atoms with van der Waals surface area (Å²) in [5, 5.41) is 13.3. The average molecular weight is 425 g/mol. The van der Waals surface area contributed by atoms with Gasteiger partial charge in [0.05, 0.1) is 20.8 Å². The van der Waals surface area contributed by atoms with E-state index in [2.05, 4.69) is 36.9 Å². The molecule has 1 heterocycles. The summed E-state index contributed by atoms with van der Waals surface area (Å²) in [4.78, 5) is 6.38. The zero-order chi connectivity index (χ0) is 19.3. The van der Waals surface area contributed by atoms with Crippen LogP contribution in [0.25, 0.3) is 0 Å². The Morgan fingerprint density at radius 3 is 2.35 bits per heavy atom. The van der Waals surface area contributed by atoms with Gasteiger partial charge >= 0.3 is 0 Å². The van der Waals surface area contributed by atoms with Crippen LogP contribution in [0.15, 0.2) is 33.9 Å². The summed E-state index contributed by atoms with van der Waals surface area (Å²) in [6.07, 6.45) is 2.02. The van der Waals surface area contributed by atoms with Crippen molar-refractivity contribution in [1.29, 1.82) is 0 Å². The number of aryl methyl sites for hydroxylation is 1. The molecule has 0 saturated heterocycles. The van der Waals surface area contributed by atoms with Crippen molar-refractivity contribution in [2.24, 2.45) is 12.0 Å². The van der Waals surface area contributed by atoms with Crippen LogP contribution in [-0.2, 0) is 20.1 Å². The van der Waals surface area contributed by atoms with E-state index in [9.17, 15) is 5.11 Å². The highest BCUT2D eigenvalue weighted by atomic mass is 79.9. The van der Waals surface area contributed by atoms with E-state index >= 15 is 0 Å². The molecule has 0 amide bonds. The molecule has 0 atom stereocenters. The van der Waals surface area contributed by atoms with Gasteiger partial charge in [-0.25, -0.2) is 0 Å². The van der Waals surface area contributed by atoms with Gasteiger partial charge in [-0.3, -0.25) is 4.99 Å². The molecule has 0 radical (unpaired) electrons. The van der Waals surface area contributed by atoms with Gasteiger partial charge in [-0.1, -0.05) is 0 Å². The number of hydrogen-bond donors (Lipinski definition) is 2. The maximum atomic E-state index is 10.0. The highest BCUT2D eigenvalue weighted by molar-refractivity contribution is 9.10. The minimum atomic E-state index is -0.00506. The van der Waals surface area contributed by atoms with Crippen molar-refractivity contribution in [2.75, 3.05) is 28.3 Å². The molecule has 0 aliphatic rings. The van der Waals surface area contributed by atoms with Gasteiger partial charge in [0, 0.05) is 44.1 Å². The summed E-state index contributed by atoms with van der Waals surface area (Å²) in [7, 11) is 8.76. The van der Waals surface area contributed by atoms with E-state index < -0.39 is 0 Å².